The molecule has 0 saturated heterocycles. The Hall–Kier alpha value is -1.20. The van der Waals surface area contributed by atoms with Crippen LogP contribution in [0.1, 0.15) is 36.6 Å². The van der Waals surface area contributed by atoms with E-state index in [-0.39, 0.29) is 0 Å². The minimum Gasteiger partial charge on any atom is -0.242 e. The number of fused-ring (bicyclic) bond motifs is 5. The molecule has 0 aliphatic heterocycles. The van der Waals surface area contributed by atoms with Gasteiger partial charge in [-0.2, -0.15) is 0 Å². The van der Waals surface area contributed by atoms with E-state index >= 15 is 0 Å². The van der Waals surface area contributed by atoms with Crippen LogP contribution in [0.2, 0.25) is 0 Å². The second kappa shape index (κ2) is 5.21. The summed E-state index contributed by atoms with van der Waals surface area (Å²) in [6.07, 6.45) is 9.72. The molecule has 4 rings (SSSR count). The van der Waals surface area contributed by atoms with Gasteiger partial charge in [-0.05, 0) is 49.5 Å². The number of rotatable bonds is 2. The highest BCUT2D eigenvalue weighted by Crippen LogP contribution is 2.40. The summed E-state index contributed by atoms with van der Waals surface area (Å²) in [5.74, 6) is 0. The molecule has 3 aromatic heterocycles. The topological polar surface area (TPSA) is 38.7 Å². The summed E-state index contributed by atoms with van der Waals surface area (Å²) in [5, 5.41) is 2.38. The van der Waals surface area contributed by atoms with E-state index in [1.807, 2.05) is 0 Å². The van der Waals surface area contributed by atoms with Gasteiger partial charge in [0.1, 0.15) is 16.2 Å². The molecule has 0 aromatic carbocycles. The lowest BCUT2D eigenvalue weighted by molar-refractivity contribution is 0.679. The van der Waals surface area contributed by atoms with Crippen molar-refractivity contribution in [3.63, 3.8) is 0 Å². The fraction of sp³-hybridized carbons (Fsp3) is 0.438. The van der Waals surface area contributed by atoms with Crippen molar-refractivity contribution in [3.8, 4) is 0 Å². The Morgan fingerprint density at radius 2 is 2.00 bits per heavy atom. The van der Waals surface area contributed by atoms with Crippen LogP contribution in [0.25, 0.3) is 20.4 Å². The molecule has 0 unspecified atom stereocenters. The van der Waals surface area contributed by atoms with E-state index in [2.05, 4.69) is 23.1 Å². The van der Waals surface area contributed by atoms with E-state index in [9.17, 15) is 0 Å². The van der Waals surface area contributed by atoms with E-state index in [0.717, 1.165) is 21.8 Å². The molecule has 0 saturated carbocycles. The van der Waals surface area contributed by atoms with Crippen LogP contribution < -0.4 is 0 Å². The lowest BCUT2D eigenvalue weighted by Gasteiger charge is -2.19. The van der Waals surface area contributed by atoms with Crippen LogP contribution in [0.15, 0.2) is 11.4 Å². The highest BCUT2D eigenvalue weighted by Gasteiger charge is 2.22. The highest BCUT2D eigenvalue weighted by atomic mass is 32.2. The first-order valence-corrected chi connectivity index (χ1v) is 9.49. The largest absolute Gasteiger partial charge is 0.242 e. The number of pyridine rings is 1. The molecule has 0 amide bonds. The number of hydrogen-bond acceptors (Lipinski definition) is 5. The number of thiophene rings is 1. The summed E-state index contributed by atoms with van der Waals surface area (Å²) in [4.78, 5) is 15.1. The fourth-order valence-corrected chi connectivity index (χ4v) is 5.23. The van der Waals surface area contributed by atoms with Gasteiger partial charge < -0.3 is 0 Å². The normalized spacial score (nSPS) is 14.8. The van der Waals surface area contributed by atoms with Crippen molar-refractivity contribution in [1.82, 2.24) is 15.0 Å². The quantitative estimate of drug-likeness (QED) is 0.519. The van der Waals surface area contributed by atoms with Gasteiger partial charge in [0, 0.05) is 11.1 Å². The third-order valence-electron chi connectivity index (χ3n) is 4.30. The van der Waals surface area contributed by atoms with E-state index < -0.39 is 0 Å². The van der Waals surface area contributed by atoms with Crippen molar-refractivity contribution in [2.45, 2.75) is 44.1 Å². The van der Waals surface area contributed by atoms with E-state index in [0.29, 0.717) is 0 Å². The highest BCUT2D eigenvalue weighted by molar-refractivity contribution is 7.98. The first-order chi connectivity index (χ1) is 10.3. The molecule has 108 valence electrons. The van der Waals surface area contributed by atoms with Gasteiger partial charge in [-0.15, -0.1) is 23.1 Å². The summed E-state index contributed by atoms with van der Waals surface area (Å²) in [6, 6.07) is 0. The smallest absolute Gasteiger partial charge is 0.126 e. The van der Waals surface area contributed by atoms with E-state index in [1.165, 1.54) is 52.6 Å². The SMILES string of the molecule is CCc1nc2sc3c(SC)ncnc3c2c2c1CCCC2. The second-order valence-corrected chi connectivity index (χ2v) is 7.21. The molecule has 3 aromatic rings. The number of hydrogen-bond donors (Lipinski definition) is 0. The van der Waals surface area contributed by atoms with Crippen molar-refractivity contribution < 1.29 is 0 Å². The summed E-state index contributed by atoms with van der Waals surface area (Å²) < 4.78 is 1.20. The van der Waals surface area contributed by atoms with Crippen LogP contribution in [0.5, 0.6) is 0 Å². The van der Waals surface area contributed by atoms with Gasteiger partial charge in [-0.1, -0.05) is 6.92 Å². The van der Waals surface area contributed by atoms with E-state index in [4.69, 9.17) is 4.98 Å². The Balaban J connectivity index is 2.16. The Bertz CT molecular complexity index is 839. The lowest BCUT2D eigenvalue weighted by atomic mass is 9.88. The molecular formula is C16H17N3S2. The number of aryl methyl sites for hydroxylation is 2. The average molecular weight is 315 g/mol. The summed E-state index contributed by atoms with van der Waals surface area (Å²) in [6.45, 7) is 2.21. The molecular weight excluding hydrogens is 298 g/mol. The molecule has 0 N–H and O–H groups in total. The minimum atomic E-state index is 1.02. The first-order valence-electron chi connectivity index (χ1n) is 7.45. The minimum absolute atomic E-state index is 1.02. The standard InChI is InChI=1S/C16H17N3S2/c1-3-11-9-6-4-5-7-10(9)12-13-14(21-15(12)19-11)16(20-2)18-8-17-13/h8H,3-7H2,1-2H3. The van der Waals surface area contributed by atoms with Gasteiger partial charge in [0.05, 0.1) is 10.2 Å². The molecule has 0 bridgehead atoms. The summed E-state index contributed by atoms with van der Waals surface area (Å²) in [7, 11) is 0. The van der Waals surface area contributed by atoms with Crippen molar-refractivity contribution >= 4 is 43.5 Å². The maximum absolute atomic E-state index is 4.96. The number of thioether (sulfide) groups is 1. The van der Waals surface area contributed by atoms with Gasteiger partial charge in [-0.3, -0.25) is 0 Å². The van der Waals surface area contributed by atoms with Crippen LogP contribution in [0.3, 0.4) is 0 Å². The Labute approximate surface area is 132 Å². The van der Waals surface area contributed by atoms with Gasteiger partial charge in [0.2, 0.25) is 0 Å². The molecule has 3 heterocycles. The van der Waals surface area contributed by atoms with Crippen molar-refractivity contribution in [3.05, 3.63) is 23.1 Å². The maximum atomic E-state index is 4.96. The third kappa shape index (κ3) is 1.98. The monoisotopic (exact) mass is 315 g/mol. The molecule has 5 heteroatoms. The molecule has 0 radical (unpaired) electrons. The van der Waals surface area contributed by atoms with Crippen LogP contribution in [0.4, 0.5) is 0 Å². The second-order valence-electron chi connectivity index (χ2n) is 5.42. The van der Waals surface area contributed by atoms with Crippen molar-refractivity contribution in [2.75, 3.05) is 6.26 Å². The predicted molar refractivity (Wildman–Crippen MR) is 90.5 cm³/mol. The zero-order valence-corrected chi connectivity index (χ0v) is 13.9. The Morgan fingerprint density at radius 1 is 1.19 bits per heavy atom. The molecule has 0 atom stereocenters. The molecule has 1 aliphatic carbocycles. The average Bonchev–Trinajstić information content (AvgIpc) is 2.92. The van der Waals surface area contributed by atoms with Crippen molar-refractivity contribution in [1.29, 1.82) is 0 Å². The lowest BCUT2D eigenvalue weighted by Crippen LogP contribution is -2.08. The summed E-state index contributed by atoms with van der Waals surface area (Å²) in [5.41, 5.74) is 5.42. The summed E-state index contributed by atoms with van der Waals surface area (Å²) >= 11 is 3.45. The van der Waals surface area contributed by atoms with Crippen molar-refractivity contribution in [2.24, 2.45) is 0 Å². The third-order valence-corrected chi connectivity index (χ3v) is 6.21. The maximum Gasteiger partial charge on any atom is 0.126 e. The zero-order chi connectivity index (χ0) is 14.4. The molecule has 21 heavy (non-hydrogen) atoms. The number of nitrogens with zero attached hydrogens (tertiary/aromatic N) is 3. The molecule has 0 fully saturated rings. The van der Waals surface area contributed by atoms with Crippen LogP contribution >= 0.6 is 23.1 Å². The predicted octanol–water partition coefficient (Wildman–Crippen LogP) is 4.40. The van der Waals surface area contributed by atoms with Gasteiger partial charge in [0.15, 0.2) is 0 Å². The van der Waals surface area contributed by atoms with E-state index in [1.54, 1.807) is 29.4 Å². The Morgan fingerprint density at radius 3 is 2.76 bits per heavy atom. The van der Waals surface area contributed by atoms with Gasteiger partial charge >= 0.3 is 0 Å². The first kappa shape index (κ1) is 13.5. The number of aromatic nitrogens is 3. The fourth-order valence-electron chi connectivity index (χ4n) is 3.35. The van der Waals surface area contributed by atoms with Crippen LogP contribution in [0, 0.1) is 0 Å². The molecule has 0 spiro atoms. The van der Waals surface area contributed by atoms with Crippen LogP contribution in [-0.4, -0.2) is 21.2 Å². The zero-order valence-electron chi connectivity index (χ0n) is 12.3. The molecule has 1 aliphatic rings. The van der Waals surface area contributed by atoms with Gasteiger partial charge in [-0.25, -0.2) is 15.0 Å². The Kier molecular flexibility index (Phi) is 3.34. The van der Waals surface area contributed by atoms with Crippen LogP contribution in [-0.2, 0) is 19.3 Å². The van der Waals surface area contributed by atoms with Gasteiger partial charge in [0.25, 0.3) is 0 Å². The molecule has 3 nitrogen and oxygen atoms in total.